The van der Waals surface area contributed by atoms with Gasteiger partial charge in [0.05, 0.1) is 5.69 Å². The van der Waals surface area contributed by atoms with Crippen LogP contribution in [0.5, 0.6) is 0 Å². The number of rotatable bonds is 2. The number of benzene rings is 1. The summed E-state index contributed by atoms with van der Waals surface area (Å²) in [6, 6.07) is 4.81. The summed E-state index contributed by atoms with van der Waals surface area (Å²) in [7, 11) is 0. The maximum atomic E-state index is 12.4. The molecule has 0 saturated carbocycles. The van der Waals surface area contributed by atoms with Crippen molar-refractivity contribution >= 4 is 56.8 Å². The lowest BCUT2D eigenvalue weighted by molar-refractivity contribution is -0.242. The van der Waals surface area contributed by atoms with Gasteiger partial charge in [0.25, 0.3) is 5.91 Å². The summed E-state index contributed by atoms with van der Waals surface area (Å²) in [6.45, 7) is 0.419. The maximum absolute atomic E-state index is 12.4. The van der Waals surface area contributed by atoms with Gasteiger partial charge in [-0.15, -0.1) is 0 Å². The first-order valence-corrected chi connectivity index (χ1v) is 6.77. The highest BCUT2D eigenvalue weighted by Gasteiger charge is 2.55. The second-order valence-corrected chi connectivity index (χ2v) is 6.06. The van der Waals surface area contributed by atoms with E-state index < -0.39 is 17.7 Å². The summed E-state index contributed by atoms with van der Waals surface area (Å²) in [6.07, 6.45) is -5.02. The second kappa shape index (κ2) is 5.49. The van der Waals surface area contributed by atoms with E-state index >= 15 is 0 Å². The van der Waals surface area contributed by atoms with Gasteiger partial charge in [-0.3, -0.25) is 4.79 Å². The second-order valence-electron chi connectivity index (χ2n) is 3.65. The molecule has 0 fully saturated rings. The van der Waals surface area contributed by atoms with Crippen LogP contribution in [0.2, 0.25) is 0 Å². The van der Waals surface area contributed by atoms with Gasteiger partial charge in [-0.1, -0.05) is 0 Å². The van der Waals surface area contributed by atoms with Crippen molar-refractivity contribution in [2.24, 2.45) is 0 Å². The molecule has 1 rings (SSSR count). The zero-order valence-electron chi connectivity index (χ0n) is 8.98. The average Bonchev–Trinajstić information content (AvgIpc) is 2.20. The molecule has 0 radical (unpaired) electrons. The number of carbonyl (C=O) groups is 1. The van der Waals surface area contributed by atoms with Gasteiger partial charge in [-0.25, -0.2) is 0 Å². The molecule has 100 valence electrons. The van der Waals surface area contributed by atoms with Crippen LogP contribution >= 0.6 is 45.2 Å². The Kier molecular flexibility index (Phi) is 4.87. The summed E-state index contributed by atoms with van der Waals surface area (Å²) in [5.74, 6) is -1.51. The van der Waals surface area contributed by atoms with Crippen molar-refractivity contribution in [3.05, 3.63) is 25.3 Å². The van der Waals surface area contributed by atoms with E-state index in [0.717, 1.165) is 3.57 Å². The Morgan fingerprint density at radius 3 is 2.33 bits per heavy atom. The van der Waals surface area contributed by atoms with Crippen molar-refractivity contribution in [2.75, 3.05) is 5.32 Å². The van der Waals surface area contributed by atoms with Crippen LogP contribution in [0.4, 0.5) is 18.9 Å². The minimum atomic E-state index is -5.02. The third-order valence-corrected chi connectivity index (χ3v) is 3.74. The molecule has 0 aromatic heterocycles. The topological polar surface area (TPSA) is 49.3 Å². The van der Waals surface area contributed by atoms with E-state index in [4.69, 9.17) is 0 Å². The molecule has 0 heterocycles. The van der Waals surface area contributed by atoms with Crippen molar-refractivity contribution in [1.29, 1.82) is 0 Å². The van der Waals surface area contributed by atoms with Gasteiger partial charge < -0.3 is 10.4 Å². The van der Waals surface area contributed by atoms with E-state index in [-0.39, 0.29) is 5.69 Å². The number of carbonyl (C=O) groups excluding carboxylic acids is 1. The predicted molar refractivity (Wildman–Crippen MR) is 77.2 cm³/mol. The smallest absolute Gasteiger partial charge is 0.373 e. The lowest BCUT2D eigenvalue weighted by Crippen LogP contribution is -2.52. The van der Waals surface area contributed by atoms with E-state index in [2.05, 4.69) is 5.32 Å². The van der Waals surface area contributed by atoms with Crippen LogP contribution < -0.4 is 5.32 Å². The lowest BCUT2D eigenvalue weighted by atomic mass is 10.1. The zero-order valence-corrected chi connectivity index (χ0v) is 13.3. The van der Waals surface area contributed by atoms with Crippen molar-refractivity contribution in [3.63, 3.8) is 0 Å². The summed E-state index contributed by atoms with van der Waals surface area (Å²) >= 11 is 3.92. The zero-order chi connectivity index (χ0) is 14.1. The number of nitrogens with one attached hydrogen (secondary N) is 1. The van der Waals surface area contributed by atoms with Gasteiger partial charge in [0, 0.05) is 7.14 Å². The Balaban J connectivity index is 2.95. The highest BCUT2D eigenvalue weighted by Crippen LogP contribution is 2.31. The number of alkyl halides is 3. The molecule has 0 aliphatic rings. The minimum Gasteiger partial charge on any atom is -0.373 e. The number of amides is 1. The first kappa shape index (κ1) is 16.0. The van der Waals surface area contributed by atoms with E-state index in [0.29, 0.717) is 10.5 Å². The van der Waals surface area contributed by atoms with Gasteiger partial charge in [0.2, 0.25) is 5.60 Å². The molecule has 0 aliphatic heterocycles. The average molecular weight is 485 g/mol. The normalized spacial score (nSPS) is 15.1. The summed E-state index contributed by atoms with van der Waals surface area (Å²) < 4.78 is 38.8. The molecule has 1 atom stereocenters. The van der Waals surface area contributed by atoms with Crippen LogP contribution in [0.3, 0.4) is 0 Å². The van der Waals surface area contributed by atoms with Crippen LogP contribution in [-0.2, 0) is 4.79 Å². The van der Waals surface area contributed by atoms with Gasteiger partial charge in [0.15, 0.2) is 0 Å². The Bertz CT molecular complexity index is 475. The molecule has 1 amide bonds. The lowest BCUT2D eigenvalue weighted by Gasteiger charge is -2.25. The molecule has 18 heavy (non-hydrogen) atoms. The van der Waals surface area contributed by atoms with Crippen molar-refractivity contribution in [1.82, 2.24) is 0 Å². The minimum absolute atomic E-state index is 0.227. The number of hydrogen-bond donors (Lipinski definition) is 2. The molecule has 0 spiro atoms. The summed E-state index contributed by atoms with van der Waals surface area (Å²) in [4.78, 5) is 11.4. The molecule has 0 aliphatic carbocycles. The number of anilines is 1. The molecular weight excluding hydrogens is 477 g/mol. The number of aliphatic hydroxyl groups is 1. The monoisotopic (exact) mass is 485 g/mol. The molecule has 2 N–H and O–H groups in total. The van der Waals surface area contributed by atoms with Gasteiger partial charge >= 0.3 is 6.18 Å². The van der Waals surface area contributed by atoms with Crippen LogP contribution in [0.15, 0.2) is 18.2 Å². The van der Waals surface area contributed by atoms with Crippen LogP contribution in [0.25, 0.3) is 0 Å². The molecule has 1 aromatic carbocycles. The Morgan fingerprint density at radius 1 is 1.33 bits per heavy atom. The maximum Gasteiger partial charge on any atom is 0.426 e. The van der Waals surface area contributed by atoms with E-state index in [1.807, 2.05) is 45.2 Å². The molecular formula is C10H8F3I2NO2. The summed E-state index contributed by atoms with van der Waals surface area (Å²) in [5.41, 5.74) is -3.19. The first-order valence-electron chi connectivity index (χ1n) is 4.61. The molecule has 8 heteroatoms. The largest absolute Gasteiger partial charge is 0.426 e. The van der Waals surface area contributed by atoms with E-state index in [9.17, 15) is 23.1 Å². The highest BCUT2D eigenvalue weighted by molar-refractivity contribution is 14.1. The SMILES string of the molecule is CC(O)(C(=O)Nc1ccc(I)cc1I)C(F)(F)F. The number of hydrogen-bond acceptors (Lipinski definition) is 2. The van der Waals surface area contributed by atoms with Gasteiger partial charge in [0.1, 0.15) is 0 Å². The molecule has 1 aromatic rings. The fourth-order valence-corrected chi connectivity index (χ4v) is 2.70. The quantitative estimate of drug-likeness (QED) is 0.634. The Labute approximate surface area is 128 Å². The molecule has 3 nitrogen and oxygen atoms in total. The van der Waals surface area contributed by atoms with Gasteiger partial charge in [-0.05, 0) is 70.3 Å². The molecule has 1 unspecified atom stereocenters. The van der Waals surface area contributed by atoms with Crippen molar-refractivity contribution < 1.29 is 23.1 Å². The van der Waals surface area contributed by atoms with Crippen LogP contribution in [0, 0.1) is 7.14 Å². The van der Waals surface area contributed by atoms with Crippen LogP contribution in [0.1, 0.15) is 6.92 Å². The van der Waals surface area contributed by atoms with Crippen molar-refractivity contribution in [2.45, 2.75) is 18.7 Å². The Hall–Kier alpha value is -0.100. The Morgan fingerprint density at radius 2 is 1.89 bits per heavy atom. The van der Waals surface area contributed by atoms with Crippen molar-refractivity contribution in [3.8, 4) is 0 Å². The molecule has 0 saturated heterocycles. The fraction of sp³-hybridized carbons (Fsp3) is 0.300. The standard InChI is InChI=1S/C10H8F3I2NO2/c1-9(18,10(11,12)13)8(17)16-7-3-2-5(14)4-6(7)15/h2-4,18H,1H3,(H,16,17). The van der Waals surface area contributed by atoms with E-state index in [1.54, 1.807) is 12.1 Å². The predicted octanol–water partition coefficient (Wildman–Crippen LogP) is 3.15. The van der Waals surface area contributed by atoms with Gasteiger partial charge in [-0.2, -0.15) is 13.2 Å². The third-order valence-electron chi connectivity index (χ3n) is 2.17. The van der Waals surface area contributed by atoms with Crippen LogP contribution in [-0.4, -0.2) is 22.8 Å². The summed E-state index contributed by atoms with van der Waals surface area (Å²) in [5, 5.41) is 11.2. The number of halogens is 5. The highest BCUT2D eigenvalue weighted by atomic mass is 127. The fourth-order valence-electron chi connectivity index (χ4n) is 0.964. The van der Waals surface area contributed by atoms with E-state index in [1.165, 1.54) is 6.07 Å². The third kappa shape index (κ3) is 3.47. The first-order chi connectivity index (χ1) is 8.05. The molecule has 0 bridgehead atoms.